The third-order valence-electron chi connectivity index (χ3n) is 6.52. The van der Waals surface area contributed by atoms with Crippen LogP contribution in [0.2, 0.25) is 0 Å². The number of carbonyl (C=O) groups is 5. The van der Waals surface area contributed by atoms with E-state index < -0.39 is 24.1 Å². The molecule has 1 aromatic carbocycles. The van der Waals surface area contributed by atoms with Crippen LogP contribution < -0.4 is 26.3 Å². The Labute approximate surface area is 256 Å². The summed E-state index contributed by atoms with van der Waals surface area (Å²) in [6.45, 7) is 2.70. The highest BCUT2D eigenvalue weighted by Crippen LogP contribution is 2.22. The van der Waals surface area contributed by atoms with Crippen LogP contribution in [-0.4, -0.2) is 104 Å². The van der Waals surface area contributed by atoms with Crippen molar-refractivity contribution in [1.82, 2.24) is 26.3 Å². The van der Waals surface area contributed by atoms with Crippen molar-refractivity contribution < 1.29 is 44.1 Å². The zero-order chi connectivity index (χ0) is 31.8. The molecule has 2 aliphatic rings. The normalized spacial score (nSPS) is 16.0. The van der Waals surface area contributed by atoms with Crippen molar-refractivity contribution >= 4 is 41.5 Å². The van der Waals surface area contributed by atoms with E-state index in [1.165, 1.54) is 6.42 Å². The Kier molecular flexibility index (Phi) is 16.8. The number of hydroxylamine groups is 1. The largest absolute Gasteiger partial charge is 0.481 e. The van der Waals surface area contributed by atoms with E-state index in [2.05, 4.69) is 21.4 Å². The number of carbonyl (C=O) groups excluding carboxylic acids is 4. The van der Waals surface area contributed by atoms with Gasteiger partial charge < -0.3 is 45.9 Å². The smallest absolute Gasteiger partial charge is 0.431 e. The number of nitrogens with one attached hydrogen (secondary N) is 5. The number of esters is 1. The Morgan fingerprint density at radius 2 is 1.66 bits per heavy atom. The number of hydrogen-bond donors (Lipinski definition) is 6. The molecule has 44 heavy (non-hydrogen) atoms. The Bertz CT molecular complexity index is 1110. The number of aliphatic carboxylic acids is 1. The molecule has 1 aliphatic carbocycles. The molecule has 1 saturated heterocycles. The van der Waals surface area contributed by atoms with Crippen molar-refractivity contribution in [1.29, 1.82) is 5.41 Å². The minimum absolute atomic E-state index is 0. The molecule has 4 amide bonds. The zero-order valence-electron chi connectivity index (χ0n) is 25.4. The van der Waals surface area contributed by atoms with E-state index in [1.54, 1.807) is 29.2 Å². The molecule has 1 heterocycles. The van der Waals surface area contributed by atoms with Gasteiger partial charge >= 0.3 is 18.1 Å². The lowest BCUT2D eigenvalue weighted by molar-refractivity contribution is -0.150. The summed E-state index contributed by atoms with van der Waals surface area (Å²) in [6, 6.07) is 5.43. The average Bonchev–Trinajstić information content (AvgIpc) is 3.31. The third kappa shape index (κ3) is 14.2. The van der Waals surface area contributed by atoms with Gasteiger partial charge in [-0.05, 0) is 70.5 Å². The van der Waals surface area contributed by atoms with Crippen molar-refractivity contribution in [3.8, 4) is 0 Å². The number of amidine groups is 1. The molecule has 1 aromatic rings. The van der Waals surface area contributed by atoms with Gasteiger partial charge in [-0.25, -0.2) is 9.59 Å². The van der Waals surface area contributed by atoms with Gasteiger partial charge in [-0.15, -0.1) is 0 Å². The van der Waals surface area contributed by atoms with Gasteiger partial charge in [0, 0.05) is 44.4 Å². The maximum Gasteiger partial charge on any atom is 0.431 e. The Hall–Kier alpha value is -4.44. The van der Waals surface area contributed by atoms with Crippen LogP contribution >= 0.6 is 0 Å². The van der Waals surface area contributed by atoms with Gasteiger partial charge in [0.15, 0.2) is 5.84 Å². The summed E-state index contributed by atoms with van der Waals surface area (Å²) >= 11 is 0. The predicted octanol–water partition coefficient (Wildman–Crippen LogP) is 0.741. The zero-order valence-corrected chi connectivity index (χ0v) is 25.4. The number of urea groups is 1. The molecule has 16 heteroatoms. The van der Waals surface area contributed by atoms with Gasteiger partial charge in [-0.2, -0.15) is 5.48 Å². The lowest BCUT2D eigenvalue weighted by Crippen LogP contribution is -2.46. The van der Waals surface area contributed by atoms with E-state index in [9.17, 15) is 19.2 Å². The molecular weight excluding hydrogens is 578 g/mol. The van der Waals surface area contributed by atoms with Crippen LogP contribution in [0.1, 0.15) is 57.4 Å². The highest BCUT2D eigenvalue weighted by molar-refractivity contribution is 6.02. The number of amides is 4. The van der Waals surface area contributed by atoms with Crippen LogP contribution in [0.4, 0.5) is 15.3 Å². The number of hydrogen-bond acceptors (Lipinski definition) is 9. The maximum atomic E-state index is 12.9. The van der Waals surface area contributed by atoms with Crippen LogP contribution in [0.15, 0.2) is 24.3 Å². The molecule has 2 fully saturated rings. The van der Waals surface area contributed by atoms with Crippen LogP contribution in [0.3, 0.4) is 0 Å². The molecule has 3 rings (SSSR count). The number of rotatable bonds is 10. The quantitative estimate of drug-likeness (QED) is 0.0925. The van der Waals surface area contributed by atoms with Gasteiger partial charge in [0.2, 0.25) is 5.91 Å². The first-order valence-electron chi connectivity index (χ1n) is 14.3. The van der Waals surface area contributed by atoms with E-state index in [4.69, 9.17) is 24.9 Å². The van der Waals surface area contributed by atoms with E-state index in [-0.39, 0.29) is 42.3 Å². The van der Waals surface area contributed by atoms with Crippen LogP contribution in [0, 0.1) is 5.41 Å². The Morgan fingerprint density at radius 3 is 2.27 bits per heavy atom. The number of carboxylic acid groups (broad SMARTS) is 1. The van der Waals surface area contributed by atoms with Gasteiger partial charge in [-0.3, -0.25) is 19.8 Å². The lowest BCUT2D eigenvalue weighted by Gasteiger charge is -2.21. The first-order valence-corrected chi connectivity index (χ1v) is 14.3. The highest BCUT2D eigenvalue weighted by Gasteiger charge is 2.33. The van der Waals surface area contributed by atoms with Crippen LogP contribution in [0.25, 0.3) is 0 Å². The number of nitrogens with zero attached hydrogens (tertiary/aromatic N) is 2. The summed E-state index contributed by atoms with van der Waals surface area (Å²) in [6.07, 6.45) is 4.92. The van der Waals surface area contributed by atoms with Gasteiger partial charge in [0.25, 0.3) is 5.97 Å². The van der Waals surface area contributed by atoms with Crippen molar-refractivity contribution in [3.63, 3.8) is 0 Å². The van der Waals surface area contributed by atoms with Crippen molar-refractivity contribution in [2.45, 2.75) is 64.0 Å². The van der Waals surface area contributed by atoms with Crippen molar-refractivity contribution in [2.24, 2.45) is 0 Å². The summed E-state index contributed by atoms with van der Waals surface area (Å²) in [5.74, 6) is -1.52. The molecule has 0 bridgehead atoms. The predicted molar refractivity (Wildman–Crippen MR) is 161 cm³/mol. The SMILES string of the molecule is CC(=O)O.CN(C)CCNC(=O)ONC(=N)c1ccc(N2CC[C@H](NC(=O)NCCC(=O)OC3CCCCC3)C2=O)cc1.O. The molecule has 0 radical (unpaired) electrons. The second-order valence-electron chi connectivity index (χ2n) is 10.4. The highest BCUT2D eigenvalue weighted by atomic mass is 16.7. The number of benzene rings is 1. The molecule has 0 aromatic heterocycles. The summed E-state index contributed by atoms with van der Waals surface area (Å²) in [7, 11) is 3.77. The molecule has 0 unspecified atom stereocenters. The molecular formula is C28H45N7O9. The van der Waals surface area contributed by atoms with E-state index in [0.717, 1.165) is 32.6 Å². The van der Waals surface area contributed by atoms with Crippen LogP contribution in [0.5, 0.6) is 0 Å². The minimum atomic E-state index is -0.833. The first kappa shape index (κ1) is 37.6. The van der Waals surface area contributed by atoms with Crippen LogP contribution in [-0.2, 0) is 24.0 Å². The summed E-state index contributed by atoms with van der Waals surface area (Å²) in [5.41, 5.74) is 3.38. The Balaban J connectivity index is 0.00000182. The summed E-state index contributed by atoms with van der Waals surface area (Å²) < 4.78 is 5.44. The summed E-state index contributed by atoms with van der Waals surface area (Å²) in [5, 5.41) is 23.3. The minimum Gasteiger partial charge on any atom is -0.481 e. The third-order valence-corrected chi connectivity index (χ3v) is 6.52. The second kappa shape index (κ2) is 19.7. The number of anilines is 1. The molecule has 1 aliphatic heterocycles. The van der Waals surface area contributed by atoms with Crippen molar-refractivity contribution in [2.75, 3.05) is 45.2 Å². The molecule has 8 N–H and O–H groups in total. The number of likely N-dealkylation sites (N-methyl/N-ethyl adjacent to an activating group) is 1. The summed E-state index contributed by atoms with van der Waals surface area (Å²) in [4.78, 5) is 66.1. The standard InChI is InChI=1S/C26H39N7O6.C2H4O2.H2O/c1-32(2)17-15-29-26(37)39-31-23(27)18-8-10-19(11-9-18)33-16-13-21(24(33)35)30-25(36)28-14-12-22(34)38-20-6-4-3-5-7-20;1-2(3)4;/h8-11,20-21H,3-7,12-17H2,1-2H3,(H2,27,31)(H,29,37)(H2,28,30,36);1H3,(H,3,4);1H2/t21-;;/m0../s1. The fraction of sp³-hybridized carbons (Fsp3) is 0.571. The fourth-order valence-electron chi connectivity index (χ4n) is 4.37. The molecule has 1 saturated carbocycles. The van der Waals surface area contributed by atoms with E-state index in [0.29, 0.717) is 37.3 Å². The number of carboxylic acids is 1. The molecule has 1 atom stereocenters. The number of ether oxygens (including phenoxy) is 1. The van der Waals surface area contributed by atoms with Gasteiger partial charge in [0.05, 0.1) is 6.42 Å². The second-order valence-corrected chi connectivity index (χ2v) is 10.4. The first-order chi connectivity index (χ1) is 20.5. The maximum absolute atomic E-state index is 12.9. The molecule has 16 nitrogen and oxygen atoms in total. The molecule has 246 valence electrons. The van der Waals surface area contributed by atoms with E-state index >= 15 is 0 Å². The van der Waals surface area contributed by atoms with E-state index in [1.807, 2.05) is 19.0 Å². The monoisotopic (exact) mass is 623 g/mol. The van der Waals surface area contributed by atoms with Gasteiger partial charge in [0.1, 0.15) is 12.1 Å². The topological polar surface area (TPSA) is 234 Å². The van der Waals surface area contributed by atoms with Gasteiger partial charge in [-0.1, -0.05) is 6.42 Å². The Morgan fingerprint density at radius 1 is 1.02 bits per heavy atom. The lowest BCUT2D eigenvalue weighted by atomic mass is 9.98. The molecule has 0 spiro atoms. The fourth-order valence-corrected chi connectivity index (χ4v) is 4.37. The average molecular weight is 624 g/mol. The van der Waals surface area contributed by atoms with Crippen molar-refractivity contribution in [3.05, 3.63) is 29.8 Å².